The largest absolute Gasteiger partial charge is 0.459 e. The van der Waals surface area contributed by atoms with E-state index < -0.39 is 41.1 Å². The number of anilines is 1. The van der Waals surface area contributed by atoms with Gasteiger partial charge in [-0.1, -0.05) is 18.2 Å². The maximum atomic E-state index is 13.3. The number of benzene rings is 2. The Labute approximate surface area is 180 Å². The van der Waals surface area contributed by atoms with Gasteiger partial charge in [0.15, 0.2) is 0 Å². The number of hydrogen-bond acceptors (Lipinski definition) is 4. The van der Waals surface area contributed by atoms with Gasteiger partial charge in [-0.15, -0.1) is 0 Å². The second kappa shape index (κ2) is 10.1. The fourth-order valence-electron chi connectivity index (χ4n) is 2.89. The fourth-order valence-corrected chi connectivity index (χ4v) is 2.89. The highest BCUT2D eigenvalue weighted by Gasteiger charge is 2.27. The third kappa shape index (κ3) is 7.81. The van der Waals surface area contributed by atoms with Crippen LogP contribution in [-0.2, 0) is 25.5 Å². The molecule has 2 amide bonds. The Kier molecular flexibility index (Phi) is 7.85. The van der Waals surface area contributed by atoms with Crippen molar-refractivity contribution in [3.8, 4) is 0 Å². The van der Waals surface area contributed by atoms with Crippen LogP contribution in [0.15, 0.2) is 48.5 Å². The minimum Gasteiger partial charge on any atom is -0.459 e. The summed E-state index contributed by atoms with van der Waals surface area (Å²) >= 11 is 0. The van der Waals surface area contributed by atoms with Crippen LogP contribution in [0.1, 0.15) is 33.3 Å². The van der Waals surface area contributed by atoms with Crippen molar-refractivity contribution in [1.29, 1.82) is 0 Å². The van der Waals surface area contributed by atoms with Crippen molar-refractivity contribution in [2.75, 3.05) is 11.4 Å². The summed E-state index contributed by atoms with van der Waals surface area (Å²) < 4.78 is 32.0. The minimum absolute atomic E-state index is 0.142. The third-order valence-corrected chi connectivity index (χ3v) is 4.08. The van der Waals surface area contributed by atoms with Gasteiger partial charge in [0.2, 0.25) is 11.8 Å². The lowest BCUT2D eigenvalue weighted by molar-refractivity contribution is -0.153. The number of nitrogens with one attached hydrogen (secondary N) is 1. The molecule has 2 rings (SSSR count). The average Bonchev–Trinajstić information content (AvgIpc) is 2.63. The molecule has 0 spiro atoms. The maximum absolute atomic E-state index is 13.3. The number of amides is 2. The molecule has 0 radical (unpaired) electrons. The monoisotopic (exact) mass is 432 g/mol. The zero-order chi connectivity index (χ0) is 23.2. The topological polar surface area (TPSA) is 75.7 Å². The fraction of sp³-hybridized carbons (Fsp3) is 0.348. The van der Waals surface area contributed by atoms with Crippen LogP contribution >= 0.6 is 0 Å². The number of halogens is 2. The van der Waals surface area contributed by atoms with Crippen molar-refractivity contribution in [1.82, 2.24) is 5.32 Å². The van der Waals surface area contributed by atoms with Gasteiger partial charge in [-0.25, -0.2) is 8.78 Å². The van der Waals surface area contributed by atoms with Crippen molar-refractivity contribution < 1.29 is 27.9 Å². The normalized spacial score (nSPS) is 12.1. The molecule has 166 valence electrons. The number of hydrogen-bond donors (Lipinski definition) is 1. The van der Waals surface area contributed by atoms with Gasteiger partial charge in [0.1, 0.15) is 29.8 Å². The first kappa shape index (κ1) is 24.0. The molecule has 31 heavy (non-hydrogen) atoms. The van der Waals surface area contributed by atoms with E-state index >= 15 is 0 Å². The van der Waals surface area contributed by atoms with Crippen LogP contribution in [0.4, 0.5) is 14.5 Å². The molecule has 0 aromatic heterocycles. The molecule has 1 N–H and O–H groups in total. The molecule has 0 fully saturated rings. The van der Waals surface area contributed by atoms with Crippen molar-refractivity contribution in [3.63, 3.8) is 0 Å². The first-order valence-corrected chi connectivity index (χ1v) is 9.77. The molecule has 2 aromatic rings. The lowest BCUT2D eigenvalue weighted by atomic mass is 10.1. The van der Waals surface area contributed by atoms with E-state index in [1.807, 2.05) is 0 Å². The van der Waals surface area contributed by atoms with E-state index in [0.717, 1.165) is 12.1 Å². The maximum Gasteiger partial charge on any atom is 0.326 e. The van der Waals surface area contributed by atoms with Gasteiger partial charge >= 0.3 is 5.97 Å². The Bertz CT molecular complexity index is 922. The molecule has 0 aliphatic carbocycles. The molecular weight excluding hydrogens is 406 g/mol. The molecule has 1 atom stereocenters. The highest BCUT2D eigenvalue weighted by Crippen LogP contribution is 2.16. The highest BCUT2D eigenvalue weighted by atomic mass is 19.1. The van der Waals surface area contributed by atoms with Gasteiger partial charge < -0.3 is 10.1 Å². The number of esters is 1. The van der Waals surface area contributed by atoms with Crippen LogP contribution in [0.5, 0.6) is 0 Å². The van der Waals surface area contributed by atoms with E-state index in [-0.39, 0.29) is 18.5 Å². The Balaban J connectivity index is 2.11. The van der Waals surface area contributed by atoms with Crippen molar-refractivity contribution in [2.45, 2.75) is 45.8 Å². The van der Waals surface area contributed by atoms with E-state index in [4.69, 9.17) is 4.74 Å². The van der Waals surface area contributed by atoms with Gasteiger partial charge in [0.25, 0.3) is 0 Å². The molecule has 0 aliphatic rings. The van der Waals surface area contributed by atoms with Crippen molar-refractivity contribution >= 4 is 23.5 Å². The van der Waals surface area contributed by atoms with Crippen LogP contribution in [0.2, 0.25) is 0 Å². The van der Waals surface area contributed by atoms with Gasteiger partial charge in [-0.2, -0.15) is 0 Å². The second-order valence-corrected chi connectivity index (χ2v) is 8.09. The molecule has 2 aromatic carbocycles. The first-order valence-electron chi connectivity index (χ1n) is 9.77. The van der Waals surface area contributed by atoms with Crippen LogP contribution < -0.4 is 10.2 Å². The summed E-state index contributed by atoms with van der Waals surface area (Å²) in [6.07, 6.45) is -0.302. The van der Waals surface area contributed by atoms with Crippen LogP contribution in [0.3, 0.4) is 0 Å². The Morgan fingerprint density at radius 1 is 1.03 bits per heavy atom. The number of nitrogens with zero attached hydrogens (tertiary/aromatic N) is 1. The van der Waals surface area contributed by atoms with Crippen LogP contribution in [-0.4, -0.2) is 36.0 Å². The summed E-state index contributed by atoms with van der Waals surface area (Å²) in [5, 5.41) is 2.51. The predicted molar refractivity (Wildman–Crippen MR) is 112 cm³/mol. The molecular formula is C23H26F2N2O4. The molecule has 0 saturated heterocycles. The Hall–Kier alpha value is -3.29. The van der Waals surface area contributed by atoms with Gasteiger partial charge in [-0.3, -0.25) is 19.3 Å². The van der Waals surface area contributed by atoms with E-state index in [1.165, 1.54) is 11.8 Å². The molecule has 0 aliphatic heterocycles. The smallest absolute Gasteiger partial charge is 0.326 e. The summed E-state index contributed by atoms with van der Waals surface area (Å²) in [5.41, 5.74) is -0.113. The zero-order valence-electron chi connectivity index (χ0n) is 17.9. The van der Waals surface area contributed by atoms with E-state index in [1.54, 1.807) is 51.1 Å². The SMILES string of the molecule is C[C@H](NC(=O)Cc1cc(F)cc(F)c1)C(=O)N(CC(=O)OC(C)(C)C)c1ccccc1. The average molecular weight is 432 g/mol. The molecule has 0 bridgehead atoms. The van der Waals surface area contributed by atoms with Crippen LogP contribution in [0.25, 0.3) is 0 Å². The third-order valence-electron chi connectivity index (χ3n) is 4.08. The number of rotatable bonds is 7. The Morgan fingerprint density at radius 3 is 2.16 bits per heavy atom. The van der Waals surface area contributed by atoms with E-state index in [9.17, 15) is 23.2 Å². The summed E-state index contributed by atoms with van der Waals surface area (Å²) in [7, 11) is 0. The van der Waals surface area contributed by atoms with Gasteiger partial charge in [-0.05, 0) is 57.5 Å². The quantitative estimate of drug-likeness (QED) is 0.681. The van der Waals surface area contributed by atoms with Gasteiger partial charge in [0, 0.05) is 11.8 Å². The molecule has 0 unspecified atom stereocenters. The zero-order valence-corrected chi connectivity index (χ0v) is 17.9. The van der Waals surface area contributed by atoms with Gasteiger partial charge in [0.05, 0.1) is 6.42 Å². The molecule has 6 nitrogen and oxygen atoms in total. The standard InChI is InChI=1S/C23H26F2N2O4/c1-15(26-20(28)12-16-10-17(24)13-18(25)11-16)22(30)27(19-8-6-5-7-9-19)14-21(29)31-23(2,3)4/h5-11,13,15H,12,14H2,1-4H3,(H,26,28)/t15-/m0/s1. The van der Waals surface area contributed by atoms with Crippen LogP contribution in [0, 0.1) is 11.6 Å². The lowest BCUT2D eigenvalue weighted by Gasteiger charge is -2.27. The first-order chi connectivity index (χ1) is 14.4. The number of carbonyl (C=O) groups is 3. The molecule has 0 saturated carbocycles. The number of ether oxygens (including phenoxy) is 1. The summed E-state index contributed by atoms with van der Waals surface area (Å²) in [5.74, 6) is -3.30. The Morgan fingerprint density at radius 2 is 1.61 bits per heavy atom. The van der Waals surface area contributed by atoms with Crippen molar-refractivity contribution in [2.24, 2.45) is 0 Å². The highest BCUT2D eigenvalue weighted by molar-refractivity contribution is 6.02. The second-order valence-electron chi connectivity index (χ2n) is 8.09. The summed E-state index contributed by atoms with van der Waals surface area (Å²) in [6, 6.07) is 10.3. The van der Waals surface area contributed by atoms with E-state index in [0.29, 0.717) is 11.8 Å². The van der Waals surface area contributed by atoms with Crippen molar-refractivity contribution in [3.05, 3.63) is 65.7 Å². The molecule has 8 heteroatoms. The molecule has 0 heterocycles. The number of carbonyl (C=O) groups excluding carboxylic acids is 3. The number of para-hydroxylation sites is 1. The summed E-state index contributed by atoms with van der Waals surface area (Å²) in [6.45, 7) is 6.29. The summed E-state index contributed by atoms with van der Waals surface area (Å²) in [4.78, 5) is 38.9. The predicted octanol–water partition coefficient (Wildman–Crippen LogP) is 3.39. The minimum atomic E-state index is -0.992. The lowest BCUT2D eigenvalue weighted by Crippen LogP contribution is -2.49. The van der Waals surface area contributed by atoms with E-state index in [2.05, 4.69) is 5.32 Å².